The van der Waals surface area contributed by atoms with E-state index < -0.39 is 5.97 Å². The quantitative estimate of drug-likeness (QED) is 0.789. The van der Waals surface area contributed by atoms with Gasteiger partial charge >= 0.3 is 5.97 Å². The second-order valence-electron chi connectivity index (χ2n) is 5.93. The van der Waals surface area contributed by atoms with Gasteiger partial charge in [0, 0.05) is 30.6 Å². The minimum absolute atomic E-state index is 0.0913. The summed E-state index contributed by atoms with van der Waals surface area (Å²) in [7, 11) is 0. The lowest BCUT2D eigenvalue weighted by atomic mass is 10.1. The lowest BCUT2D eigenvalue weighted by Crippen LogP contribution is -2.28. The molecule has 6 heteroatoms. The second kappa shape index (κ2) is 7.29. The van der Waals surface area contributed by atoms with E-state index in [0.717, 1.165) is 36.1 Å². The number of hydrogen-bond acceptors (Lipinski definition) is 4. The molecule has 1 aromatic heterocycles. The Bertz CT molecular complexity index is 725. The number of hydrogen-bond donors (Lipinski definition) is 1. The third-order valence-corrected chi connectivity index (χ3v) is 4.24. The molecule has 1 N–H and O–H groups in total. The lowest BCUT2D eigenvalue weighted by Gasteiger charge is -2.17. The smallest absolute Gasteiger partial charge is 0.303 e. The van der Waals surface area contributed by atoms with E-state index in [1.165, 1.54) is 6.26 Å². The first-order valence-electron chi connectivity index (χ1n) is 8.20. The van der Waals surface area contributed by atoms with Crippen LogP contribution in [0.25, 0.3) is 11.5 Å². The van der Waals surface area contributed by atoms with Gasteiger partial charge < -0.3 is 14.4 Å². The second-order valence-corrected chi connectivity index (χ2v) is 5.93. The van der Waals surface area contributed by atoms with Crippen LogP contribution in [0.2, 0.25) is 0 Å². The number of aliphatic carboxylic acids is 1. The summed E-state index contributed by atoms with van der Waals surface area (Å²) >= 11 is 0. The third-order valence-electron chi connectivity index (χ3n) is 4.24. The molecule has 126 valence electrons. The van der Waals surface area contributed by atoms with Crippen molar-refractivity contribution in [2.24, 2.45) is 0 Å². The van der Waals surface area contributed by atoms with E-state index in [4.69, 9.17) is 9.52 Å². The van der Waals surface area contributed by atoms with Gasteiger partial charge in [-0.05, 0) is 37.0 Å². The van der Waals surface area contributed by atoms with Crippen LogP contribution in [0.3, 0.4) is 0 Å². The van der Waals surface area contributed by atoms with E-state index in [1.807, 2.05) is 23.1 Å². The fraction of sp³-hybridized carbons (Fsp3) is 0.389. The summed E-state index contributed by atoms with van der Waals surface area (Å²) in [6, 6.07) is 5.94. The van der Waals surface area contributed by atoms with Crippen LogP contribution in [0.15, 0.2) is 35.1 Å². The van der Waals surface area contributed by atoms with Crippen LogP contribution in [-0.2, 0) is 16.0 Å². The van der Waals surface area contributed by atoms with Gasteiger partial charge in [-0.15, -0.1) is 0 Å². The Balaban J connectivity index is 1.62. The Kier molecular flexibility index (Phi) is 4.93. The fourth-order valence-electron chi connectivity index (χ4n) is 3.00. The molecule has 2 heterocycles. The first kappa shape index (κ1) is 16.2. The number of anilines is 1. The van der Waals surface area contributed by atoms with E-state index >= 15 is 0 Å². The molecule has 0 spiro atoms. The molecule has 1 aromatic carbocycles. The minimum Gasteiger partial charge on any atom is -0.481 e. The summed E-state index contributed by atoms with van der Waals surface area (Å²) in [4.78, 5) is 28.9. The van der Waals surface area contributed by atoms with Crippen LogP contribution in [0.5, 0.6) is 0 Å². The molecule has 3 rings (SSSR count). The first-order valence-corrected chi connectivity index (χ1v) is 8.20. The van der Waals surface area contributed by atoms with Gasteiger partial charge in [0.1, 0.15) is 6.26 Å². The Morgan fingerprint density at radius 3 is 2.79 bits per heavy atom. The lowest BCUT2D eigenvalue weighted by molar-refractivity contribution is -0.137. The summed E-state index contributed by atoms with van der Waals surface area (Å²) in [5.41, 5.74) is 2.95. The van der Waals surface area contributed by atoms with E-state index in [-0.39, 0.29) is 12.3 Å². The number of benzene rings is 1. The topological polar surface area (TPSA) is 83.6 Å². The van der Waals surface area contributed by atoms with Gasteiger partial charge in [0.05, 0.1) is 6.20 Å². The number of amides is 1. The van der Waals surface area contributed by atoms with Crippen LogP contribution in [-0.4, -0.2) is 28.5 Å². The fourth-order valence-corrected chi connectivity index (χ4v) is 3.00. The molecule has 1 aliphatic heterocycles. The van der Waals surface area contributed by atoms with E-state index in [9.17, 15) is 9.59 Å². The van der Waals surface area contributed by atoms with Gasteiger partial charge in [-0.25, -0.2) is 4.98 Å². The summed E-state index contributed by atoms with van der Waals surface area (Å²) < 4.78 is 5.32. The maximum atomic E-state index is 12.5. The molecule has 2 aromatic rings. The van der Waals surface area contributed by atoms with Crippen molar-refractivity contribution >= 4 is 17.6 Å². The number of nitrogens with zero attached hydrogens (tertiary/aromatic N) is 2. The van der Waals surface area contributed by atoms with Crippen molar-refractivity contribution in [1.82, 2.24) is 4.98 Å². The number of carbonyl (C=O) groups is 2. The zero-order chi connectivity index (χ0) is 16.9. The molecule has 0 saturated heterocycles. The maximum Gasteiger partial charge on any atom is 0.303 e. The maximum absolute atomic E-state index is 12.5. The summed E-state index contributed by atoms with van der Waals surface area (Å²) in [6.07, 6.45) is 6.69. The van der Waals surface area contributed by atoms with Crippen LogP contribution >= 0.6 is 0 Å². The SMILES string of the molecule is O=C(O)CCCCCC(=O)N1CCc2ccc(-c3ncco3)cc21. The molecule has 0 fully saturated rings. The average Bonchev–Trinajstić information content (AvgIpc) is 3.23. The number of fused-ring (bicyclic) bond motifs is 1. The van der Waals surface area contributed by atoms with Crippen LogP contribution in [0, 0.1) is 0 Å². The predicted molar refractivity (Wildman–Crippen MR) is 88.7 cm³/mol. The number of oxazole rings is 1. The highest BCUT2D eigenvalue weighted by atomic mass is 16.4. The zero-order valence-corrected chi connectivity index (χ0v) is 13.4. The molecule has 0 aliphatic carbocycles. The van der Waals surface area contributed by atoms with Crippen molar-refractivity contribution in [3.8, 4) is 11.5 Å². The van der Waals surface area contributed by atoms with Crippen molar-refractivity contribution in [1.29, 1.82) is 0 Å². The Hall–Kier alpha value is -2.63. The molecule has 0 unspecified atom stereocenters. The minimum atomic E-state index is -0.783. The van der Waals surface area contributed by atoms with Crippen LogP contribution in [0.1, 0.15) is 37.7 Å². The van der Waals surface area contributed by atoms with Crippen molar-refractivity contribution in [2.75, 3.05) is 11.4 Å². The highest BCUT2D eigenvalue weighted by Crippen LogP contribution is 2.33. The molecule has 1 aliphatic rings. The number of carboxylic acids is 1. The number of rotatable bonds is 7. The molecule has 0 saturated carbocycles. The van der Waals surface area contributed by atoms with Crippen molar-refractivity contribution in [2.45, 2.75) is 38.5 Å². The molecular formula is C18H20N2O4. The normalized spacial score (nSPS) is 13.1. The standard InChI is InChI=1S/C18H20N2O4/c21-16(4-2-1-3-5-17(22)23)20-10-8-13-6-7-14(12-15(13)20)18-19-9-11-24-18/h6-7,9,11-12H,1-5,8,10H2,(H,22,23). The van der Waals surface area contributed by atoms with E-state index in [0.29, 0.717) is 25.3 Å². The number of carbonyl (C=O) groups excluding carboxylic acids is 1. The zero-order valence-electron chi connectivity index (χ0n) is 13.4. The van der Waals surface area contributed by atoms with Crippen molar-refractivity contribution in [3.63, 3.8) is 0 Å². The molecular weight excluding hydrogens is 308 g/mol. The van der Waals surface area contributed by atoms with Gasteiger partial charge in [0.25, 0.3) is 0 Å². The molecule has 1 amide bonds. The van der Waals surface area contributed by atoms with Crippen LogP contribution in [0.4, 0.5) is 5.69 Å². The number of unbranched alkanes of at least 4 members (excludes halogenated alkanes) is 2. The van der Waals surface area contributed by atoms with Gasteiger partial charge in [0.15, 0.2) is 0 Å². The van der Waals surface area contributed by atoms with Gasteiger partial charge in [-0.2, -0.15) is 0 Å². The molecule has 0 atom stereocenters. The van der Waals surface area contributed by atoms with Crippen molar-refractivity contribution < 1.29 is 19.1 Å². The number of aromatic nitrogens is 1. The summed E-state index contributed by atoms with van der Waals surface area (Å²) in [5, 5.41) is 8.62. The molecule has 24 heavy (non-hydrogen) atoms. The Labute approximate surface area is 140 Å². The van der Waals surface area contributed by atoms with E-state index in [2.05, 4.69) is 4.98 Å². The number of carboxylic acid groups (broad SMARTS) is 1. The van der Waals surface area contributed by atoms with Crippen molar-refractivity contribution in [3.05, 3.63) is 36.2 Å². The highest BCUT2D eigenvalue weighted by molar-refractivity contribution is 5.96. The Morgan fingerprint density at radius 1 is 1.21 bits per heavy atom. The summed E-state index contributed by atoms with van der Waals surface area (Å²) in [6.45, 7) is 0.693. The molecule has 6 nitrogen and oxygen atoms in total. The van der Waals surface area contributed by atoms with Crippen LogP contribution < -0.4 is 4.90 Å². The Morgan fingerprint density at radius 2 is 2.04 bits per heavy atom. The summed E-state index contributed by atoms with van der Waals surface area (Å²) in [5.74, 6) is -0.145. The first-order chi connectivity index (χ1) is 11.6. The monoisotopic (exact) mass is 328 g/mol. The molecule has 0 radical (unpaired) electrons. The third kappa shape index (κ3) is 3.64. The van der Waals surface area contributed by atoms with Gasteiger partial charge in [0.2, 0.25) is 11.8 Å². The molecule has 0 bridgehead atoms. The average molecular weight is 328 g/mol. The predicted octanol–water partition coefficient (Wildman–Crippen LogP) is 3.27. The highest BCUT2D eigenvalue weighted by Gasteiger charge is 2.25. The van der Waals surface area contributed by atoms with E-state index in [1.54, 1.807) is 6.20 Å². The van der Waals surface area contributed by atoms with Gasteiger partial charge in [-0.1, -0.05) is 12.5 Å². The van der Waals surface area contributed by atoms with Gasteiger partial charge in [-0.3, -0.25) is 9.59 Å². The largest absolute Gasteiger partial charge is 0.481 e.